The van der Waals surface area contributed by atoms with E-state index in [1.807, 2.05) is 25.1 Å². The van der Waals surface area contributed by atoms with Crippen molar-refractivity contribution in [3.63, 3.8) is 0 Å². The van der Waals surface area contributed by atoms with Crippen molar-refractivity contribution in [3.8, 4) is 11.3 Å². The van der Waals surface area contributed by atoms with E-state index >= 15 is 0 Å². The average Bonchev–Trinajstić information content (AvgIpc) is 2.74. The Bertz CT molecular complexity index is 1060. The molecule has 29 heavy (non-hydrogen) atoms. The molecule has 1 N–H and O–H groups in total. The quantitative estimate of drug-likeness (QED) is 0.726. The monoisotopic (exact) mass is 387 g/mol. The van der Waals surface area contributed by atoms with Crippen molar-refractivity contribution in [1.82, 2.24) is 19.9 Å². The van der Waals surface area contributed by atoms with Crippen molar-refractivity contribution >= 4 is 23.4 Å². The minimum atomic E-state index is -0.228. The van der Waals surface area contributed by atoms with Gasteiger partial charge < -0.3 is 4.90 Å². The number of pyridine rings is 2. The van der Waals surface area contributed by atoms with Gasteiger partial charge in [0, 0.05) is 42.9 Å². The molecule has 0 radical (unpaired) electrons. The predicted molar refractivity (Wildman–Crippen MR) is 111 cm³/mol. The number of aromatic nitrogens is 4. The fourth-order valence-electron chi connectivity index (χ4n) is 4.08. The smallest absolute Gasteiger partial charge is 0.329 e. The first-order valence-corrected chi connectivity index (χ1v) is 9.74. The summed E-state index contributed by atoms with van der Waals surface area (Å²) >= 11 is 0. The maximum atomic E-state index is 13.2. The summed E-state index contributed by atoms with van der Waals surface area (Å²) in [4.78, 5) is 34.7. The van der Waals surface area contributed by atoms with Crippen molar-refractivity contribution in [2.45, 2.75) is 25.8 Å². The van der Waals surface area contributed by atoms with Crippen LogP contribution in [0, 0.1) is 6.92 Å². The highest BCUT2D eigenvalue weighted by molar-refractivity contribution is 6.04. The summed E-state index contributed by atoms with van der Waals surface area (Å²) < 4.78 is 0. The van der Waals surface area contributed by atoms with Crippen LogP contribution in [0.5, 0.6) is 0 Å². The Morgan fingerprint density at radius 3 is 2.93 bits per heavy atom. The number of anilines is 3. The molecular weight excluding hydrogens is 366 g/mol. The van der Waals surface area contributed by atoms with Gasteiger partial charge in [0.1, 0.15) is 0 Å². The van der Waals surface area contributed by atoms with Crippen LogP contribution in [-0.2, 0) is 0 Å². The van der Waals surface area contributed by atoms with E-state index in [9.17, 15) is 4.79 Å². The van der Waals surface area contributed by atoms with Gasteiger partial charge in [-0.3, -0.25) is 20.2 Å². The SMILES string of the molecule is Cc1cc(-c2ccc3c(n2)N(C(=O)Nc2cnccn2)C2CCCN3C2)ccn1. The van der Waals surface area contributed by atoms with Gasteiger partial charge in [-0.25, -0.2) is 14.8 Å². The first-order valence-electron chi connectivity index (χ1n) is 9.74. The van der Waals surface area contributed by atoms with Crippen LogP contribution in [-0.4, -0.2) is 45.1 Å². The Balaban J connectivity index is 1.56. The van der Waals surface area contributed by atoms with Gasteiger partial charge >= 0.3 is 6.03 Å². The standard InChI is InChI=1S/C21H21N7O/c1-14-11-15(6-7-23-14)17-4-5-18-20(25-17)28(16-3-2-10-27(18)13-16)21(29)26-19-12-22-8-9-24-19/h4-9,11-12,16H,2-3,10,13H2,1H3,(H,24,26,29). The molecule has 5 rings (SSSR count). The normalized spacial score (nSPS) is 17.6. The first-order chi connectivity index (χ1) is 14.2. The second-order valence-electron chi connectivity index (χ2n) is 7.36. The average molecular weight is 387 g/mol. The molecule has 0 spiro atoms. The number of urea groups is 1. The molecule has 8 nitrogen and oxygen atoms in total. The van der Waals surface area contributed by atoms with Gasteiger partial charge in [0.25, 0.3) is 0 Å². The summed E-state index contributed by atoms with van der Waals surface area (Å²) in [5.74, 6) is 1.12. The third-order valence-electron chi connectivity index (χ3n) is 5.39. The van der Waals surface area contributed by atoms with Gasteiger partial charge in [0.15, 0.2) is 11.6 Å². The maximum Gasteiger partial charge on any atom is 0.329 e. The molecule has 2 aliphatic rings. The third-order valence-corrected chi connectivity index (χ3v) is 5.39. The zero-order valence-corrected chi connectivity index (χ0v) is 16.1. The van der Waals surface area contributed by atoms with Gasteiger partial charge in [0.05, 0.1) is 23.6 Å². The van der Waals surface area contributed by atoms with Gasteiger partial charge in [-0.2, -0.15) is 0 Å². The number of amides is 2. The minimum Gasteiger partial charge on any atom is -0.366 e. The van der Waals surface area contributed by atoms with Crippen LogP contribution in [0.3, 0.4) is 0 Å². The van der Waals surface area contributed by atoms with Crippen LogP contribution in [0.25, 0.3) is 11.3 Å². The van der Waals surface area contributed by atoms with Crippen LogP contribution in [0.15, 0.2) is 49.1 Å². The number of carbonyl (C=O) groups excluding carboxylic acids is 1. The number of fused-ring (bicyclic) bond motifs is 4. The lowest BCUT2D eigenvalue weighted by Crippen LogP contribution is -2.56. The summed E-state index contributed by atoms with van der Waals surface area (Å²) in [5, 5.41) is 2.87. The van der Waals surface area contributed by atoms with Gasteiger partial charge in [-0.15, -0.1) is 0 Å². The molecule has 0 aromatic carbocycles. The van der Waals surface area contributed by atoms with Crippen LogP contribution in [0.2, 0.25) is 0 Å². The molecule has 0 saturated carbocycles. The highest BCUT2D eigenvalue weighted by Gasteiger charge is 2.38. The molecule has 1 fully saturated rings. The van der Waals surface area contributed by atoms with Gasteiger partial charge in [-0.05, 0) is 44.0 Å². The first kappa shape index (κ1) is 17.5. The maximum absolute atomic E-state index is 13.2. The molecule has 146 valence electrons. The van der Waals surface area contributed by atoms with Crippen LogP contribution in [0.4, 0.5) is 22.1 Å². The number of hydrogen-bond donors (Lipinski definition) is 1. The second-order valence-corrected chi connectivity index (χ2v) is 7.36. The molecule has 1 atom stereocenters. The Morgan fingerprint density at radius 1 is 1.17 bits per heavy atom. The fourth-order valence-corrected chi connectivity index (χ4v) is 4.08. The van der Waals surface area contributed by atoms with Gasteiger partial charge in [-0.1, -0.05) is 0 Å². The number of hydrogen-bond acceptors (Lipinski definition) is 6. The third kappa shape index (κ3) is 3.26. The summed E-state index contributed by atoms with van der Waals surface area (Å²) in [7, 11) is 0. The molecular formula is C21H21N7O. The summed E-state index contributed by atoms with van der Waals surface area (Å²) in [6.07, 6.45) is 8.45. The highest BCUT2D eigenvalue weighted by Crippen LogP contribution is 2.39. The summed E-state index contributed by atoms with van der Waals surface area (Å²) in [5.41, 5.74) is 3.73. The van der Waals surface area contributed by atoms with Gasteiger partial charge in [0.2, 0.25) is 0 Å². The Morgan fingerprint density at radius 2 is 2.10 bits per heavy atom. The topological polar surface area (TPSA) is 87.1 Å². The van der Waals surface area contributed by atoms with Crippen LogP contribution >= 0.6 is 0 Å². The minimum absolute atomic E-state index is 0.0786. The van der Waals surface area contributed by atoms with E-state index in [2.05, 4.69) is 31.2 Å². The number of rotatable bonds is 2. The molecule has 1 unspecified atom stereocenters. The number of carbonyl (C=O) groups is 1. The lowest BCUT2D eigenvalue weighted by molar-refractivity contribution is 0.252. The number of aryl methyl sites for hydroxylation is 1. The lowest BCUT2D eigenvalue weighted by Gasteiger charge is -2.45. The summed E-state index contributed by atoms with van der Waals surface area (Å²) in [6.45, 7) is 3.76. The van der Waals surface area contributed by atoms with Crippen molar-refractivity contribution in [3.05, 3.63) is 54.7 Å². The second kappa shape index (κ2) is 7.12. The van der Waals surface area contributed by atoms with E-state index in [0.717, 1.165) is 48.6 Å². The highest BCUT2D eigenvalue weighted by atomic mass is 16.2. The molecule has 8 heteroatoms. The van der Waals surface area contributed by atoms with Crippen molar-refractivity contribution < 1.29 is 4.79 Å². The molecule has 2 aliphatic heterocycles. The van der Waals surface area contributed by atoms with Crippen molar-refractivity contribution in [2.75, 3.05) is 28.2 Å². The van der Waals surface area contributed by atoms with Crippen LogP contribution in [0.1, 0.15) is 18.5 Å². The lowest BCUT2D eigenvalue weighted by atomic mass is 9.99. The summed E-state index contributed by atoms with van der Waals surface area (Å²) in [6, 6.07) is 7.88. The van der Waals surface area contributed by atoms with Crippen molar-refractivity contribution in [2.24, 2.45) is 0 Å². The zero-order chi connectivity index (χ0) is 19.8. The molecule has 3 aromatic heterocycles. The van der Waals surface area contributed by atoms with E-state index in [4.69, 9.17) is 4.98 Å². The molecule has 3 aromatic rings. The Hall–Kier alpha value is -3.55. The number of piperidine rings is 1. The number of nitrogens with zero attached hydrogens (tertiary/aromatic N) is 6. The molecule has 0 aliphatic carbocycles. The van der Waals surface area contributed by atoms with E-state index in [1.165, 1.54) is 0 Å². The fraction of sp³-hybridized carbons (Fsp3) is 0.286. The van der Waals surface area contributed by atoms with Crippen LogP contribution < -0.4 is 15.1 Å². The van der Waals surface area contributed by atoms with E-state index in [-0.39, 0.29) is 12.1 Å². The molecule has 2 bridgehead atoms. The largest absolute Gasteiger partial charge is 0.366 e. The molecule has 2 amide bonds. The zero-order valence-electron chi connectivity index (χ0n) is 16.1. The van der Waals surface area contributed by atoms with E-state index in [0.29, 0.717) is 11.6 Å². The molecule has 5 heterocycles. The van der Waals surface area contributed by atoms with E-state index < -0.39 is 0 Å². The molecule has 1 saturated heterocycles. The van der Waals surface area contributed by atoms with E-state index in [1.54, 1.807) is 29.7 Å². The number of nitrogens with one attached hydrogen (secondary N) is 1. The predicted octanol–water partition coefficient (Wildman–Crippen LogP) is 3.26. The van der Waals surface area contributed by atoms with Crippen molar-refractivity contribution in [1.29, 1.82) is 0 Å². The Kier molecular flexibility index (Phi) is 4.31. The Labute approximate surface area is 168 Å².